The van der Waals surface area contributed by atoms with E-state index < -0.39 is 0 Å². The van der Waals surface area contributed by atoms with Crippen molar-refractivity contribution < 1.29 is 4.79 Å². The minimum absolute atomic E-state index is 0.194. The summed E-state index contributed by atoms with van der Waals surface area (Å²) in [4.78, 5) is 14.0. The number of hydrogen-bond acceptors (Lipinski definition) is 1. The maximum absolute atomic E-state index is 12.3. The molecule has 0 bridgehead atoms. The van der Waals surface area contributed by atoms with Crippen LogP contribution in [0.2, 0.25) is 0 Å². The first kappa shape index (κ1) is 20.2. The Kier molecular flexibility index (Phi) is 9.56. The highest BCUT2D eigenvalue weighted by Gasteiger charge is 2.10. The second-order valence-corrected chi connectivity index (χ2v) is 7.07. The lowest BCUT2D eigenvalue weighted by Crippen LogP contribution is -2.20. The van der Waals surface area contributed by atoms with Gasteiger partial charge in [-0.25, -0.2) is 0 Å². The van der Waals surface area contributed by atoms with Crippen LogP contribution in [0.4, 0.5) is 0 Å². The van der Waals surface area contributed by atoms with E-state index in [9.17, 15) is 4.79 Å². The molecule has 140 valence electrons. The molecule has 0 aliphatic carbocycles. The van der Waals surface area contributed by atoms with Gasteiger partial charge in [0.1, 0.15) is 0 Å². The molecule has 0 aromatic heterocycles. The maximum Gasteiger partial charge on any atom is 0.230 e. The van der Waals surface area contributed by atoms with E-state index >= 15 is 0 Å². The van der Waals surface area contributed by atoms with Crippen molar-refractivity contribution in [2.24, 2.45) is 0 Å². The molecule has 0 atom stereocenters. The third kappa shape index (κ3) is 7.86. The SMILES string of the molecule is CCCCCCCCCCCC(=O)N1C=CC(=Cc2ccccc2)C=C1. The normalized spacial score (nSPS) is 13.3. The lowest BCUT2D eigenvalue weighted by molar-refractivity contribution is -0.126. The fraction of sp³-hybridized carbons (Fsp3) is 0.458. The Labute approximate surface area is 159 Å². The zero-order chi connectivity index (χ0) is 18.5. The van der Waals surface area contributed by atoms with Gasteiger partial charge in [0.15, 0.2) is 0 Å². The summed E-state index contributed by atoms with van der Waals surface area (Å²) in [6.45, 7) is 2.25. The lowest BCUT2D eigenvalue weighted by atomic mass is 10.1. The zero-order valence-corrected chi connectivity index (χ0v) is 16.2. The van der Waals surface area contributed by atoms with Crippen LogP contribution >= 0.6 is 0 Å². The number of allylic oxidation sites excluding steroid dienone is 3. The first-order chi connectivity index (χ1) is 12.8. The second kappa shape index (κ2) is 12.3. The van der Waals surface area contributed by atoms with Crippen LogP contribution in [0.15, 0.2) is 60.5 Å². The molecular weight excluding hydrogens is 318 g/mol. The molecule has 2 rings (SSSR count). The van der Waals surface area contributed by atoms with Gasteiger partial charge in [-0.2, -0.15) is 0 Å². The van der Waals surface area contributed by atoms with Gasteiger partial charge in [0.05, 0.1) is 0 Å². The van der Waals surface area contributed by atoms with Crippen LogP contribution in [0.25, 0.3) is 6.08 Å². The molecule has 0 fully saturated rings. The van der Waals surface area contributed by atoms with Gasteiger partial charge >= 0.3 is 0 Å². The topological polar surface area (TPSA) is 20.3 Å². The van der Waals surface area contributed by atoms with Crippen molar-refractivity contribution in [1.29, 1.82) is 0 Å². The Balaban J connectivity index is 1.60. The predicted molar refractivity (Wildman–Crippen MR) is 111 cm³/mol. The van der Waals surface area contributed by atoms with Crippen LogP contribution in [0.5, 0.6) is 0 Å². The minimum atomic E-state index is 0.194. The number of carbonyl (C=O) groups is 1. The molecule has 0 N–H and O–H groups in total. The summed E-state index contributed by atoms with van der Waals surface area (Å²) in [5.74, 6) is 0.194. The van der Waals surface area contributed by atoms with Crippen LogP contribution in [0.1, 0.15) is 76.7 Å². The Hall–Kier alpha value is -2.09. The van der Waals surface area contributed by atoms with E-state index in [1.807, 2.05) is 42.8 Å². The van der Waals surface area contributed by atoms with Crippen LogP contribution in [-0.4, -0.2) is 10.8 Å². The molecule has 1 amide bonds. The van der Waals surface area contributed by atoms with Gasteiger partial charge < -0.3 is 0 Å². The molecule has 2 nitrogen and oxygen atoms in total. The third-order valence-electron chi connectivity index (χ3n) is 4.77. The summed E-state index contributed by atoms with van der Waals surface area (Å²) < 4.78 is 0. The summed E-state index contributed by atoms with van der Waals surface area (Å²) in [5, 5.41) is 0. The summed E-state index contributed by atoms with van der Waals surface area (Å²) in [5.41, 5.74) is 2.29. The molecule has 0 spiro atoms. The monoisotopic (exact) mass is 351 g/mol. The summed E-state index contributed by atoms with van der Waals surface area (Å²) >= 11 is 0. The molecule has 1 aliphatic heterocycles. The number of carbonyl (C=O) groups excluding carboxylic acids is 1. The zero-order valence-electron chi connectivity index (χ0n) is 16.2. The Morgan fingerprint density at radius 2 is 1.42 bits per heavy atom. The number of rotatable bonds is 11. The smallest absolute Gasteiger partial charge is 0.230 e. The standard InChI is InChI=1S/C24H33NO/c1-2-3-4-5-6-7-8-9-13-16-24(26)25-19-17-23(18-20-25)21-22-14-11-10-12-15-22/h10-12,14-15,17-21H,2-9,13,16H2,1H3. The van der Waals surface area contributed by atoms with Gasteiger partial charge in [-0.05, 0) is 35.8 Å². The molecule has 1 aliphatic rings. The molecule has 2 heteroatoms. The molecule has 0 saturated carbocycles. The summed E-state index contributed by atoms with van der Waals surface area (Å²) in [6, 6.07) is 10.2. The van der Waals surface area contributed by atoms with E-state index in [0.29, 0.717) is 6.42 Å². The van der Waals surface area contributed by atoms with Crippen LogP contribution in [-0.2, 0) is 4.79 Å². The first-order valence-corrected chi connectivity index (χ1v) is 10.2. The average Bonchev–Trinajstić information content (AvgIpc) is 2.68. The predicted octanol–water partition coefficient (Wildman–Crippen LogP) is 6.86. The van der Waals surface area contributed by atoms with Crippen molar-refractivity contribution in [3.63, 3.8) is 0 Å². The number of hydrogen-bond donors (Lipinski definition) is 0. The minimum Gasteiger partial charge on any atom is -0.295 e. The van der Waals surface area contributed by atoms with Gasteiger partial charge in [-0.3, -0.25) is 9.69 Å². The molecule has 0 saturated heterocycles. The van der Waals surface area contributed by atoms with Gasteiger partial charge in [-0.1, -0.05) is 88.6 Å². The first-order valence-electron chi connectivity index (χ1n) is 10.2. The van der Waals surface area contributed by atoms with Crippen LogP contribution in [0.3, 0.4) is 0 Å². The number of amides is 1. The van der Waals surface area contributed by atoms with E-state index in [1.54, 1.807) is 4.90 Å². The fourth-order valence-electron chi connectivity index (χ4n) is 3.16. The molecule has 1 aromatic rings. The van der Waals surface area contributed by atoms with Crippen molar-refractivity contribution in [1.82, 2.24) is 4.90 Å². The second-order valence-electron chi connectivity index (χ2n) is 7.07. The van der Waals surface area contributed by atoms with E-state index in [1.165, 1.54) is 56.9 Å². The van der Waals surface area contributed by atoms with Crippen LogP contribution < -0.4 is 0 Å². The van der Waals surface area contributed by atoms with Crippen molar-refractivity contribution >= 4 is 12.0 Å². The summed E-state index contributed by atoms with van der Waals surface area (Å²) in [7, 11) is 0. The maximum atomic E-state index is 12.3. The van der Waals surface area contributed by atoms with Crippen molar-refractivity contribution in [2.75, 3.05) is 0 Å². The highest BCUT2D eigenvalue weighted by Crippen LogP contribution is 2.16. The third-order valence-corrected chi connectivity index (χ3v) is 4.77. The highest BCUT2D eigenvalue weighted by molar-refractivity contribution is 5.79. The lowest BCUT2D eigenvalue weighted by Gasteiger charge is -2.17. The van der Waals surface area contributed by atoms with E-state index in [2.05, 4.69) is 25.1 Å². The molecule has 0 radical (unpaired) electrons. The Morgan fingerprint density at radius 3 is 2.04 bits per heavy atom. The van der Waals surface area contributed by atoms with Crippen molar-refractivity contribution in [3.05, 3.63) is 66.0 Å². The van der Waals surface area contributed by atoms with Crippen LogP contribution in [0, 0.1) is 0 Å². The van der Waals surface area contributed by atoms with E-state index in [-0.39, 0.29) is 5.91 Å². The Morgan fingerprint density at radius 1 is 0.846 bits per heavy atom. The average molecular weight is 352 g/mol. The van der Waals surface area contributed by atoms with Crippen molar-refractivity contribution in [3.8, 4) is 0 Å². The molecule has 26 heavy (non-hydrogen) atoms. The molecule has 0 unspecified atom stereocenters. The highest BCUT2D eigenvalue weighted by atomic mass is 16.2. The van der Waals surface area contributed by atoms with Crippen molar-refractivity contribution in [2.45, 2.75) is 71.1 Å². The van der Waals surface area contributed by atoms with Gasteiger partial charge in [0.25, 0.3) is 0 Å². The molecular formula is C24H33NO. The summed E-state index contributed by atoms with van der Waals surface area (Å²) in [6.07, 6.45) is 22.0. The number of nitrogens with zero attached hydrogens (tertiary/aromatic N) is 1. The molecule has 1 heterocycles. The van der Waals surface area contributed by atoms with E-state index in [0.717, 1.165) is 12.0 Å². The van der Waals surface area contributed by atoms with E-state index in [4.69, 9.17) is 0 Å². The van der Waals surface area contributed by atoms with Gasteiger partial charge in [0.2, 0.25) is 5.91 Å². The van der Waals surface area contributed by atoms with Gasteiger partial charge in [0, 0.05) is 18.8 Å². The largest absolute Gasteiger partial charge is 0.295 e. The molecule has 1 aromatic carbocycles. The quantitative estimate of drug-likeness (QED) is 0.399. The van der Waals surface area contributed by atoms with Gasteiger partial charge in [-0.15, -0.1) is 0 Å². The number of benzene rings is 1. The number of unbranched alkanes of at least 4 members (excludes halogenated alkanes) is 8. The fourth-order valence-corrected chi connectivity index (χ4v) is 3.16. The Bertz CT molecular complexity index is 596.